The lowest BCUT2D eigenvalue weighted by Crippen LogP contribution is -1.87. The van der Waals surface area contributed by atoms with E-state index in [-0.39, 0.29) is 0 Å². The highest BCUT2D eigenvalue weighted by atomic mass is 35.5. The number of hydrogen-bond acceptors (Lipinski definition) is 1. The average Bonchev–Trinajstić information content (AvgIpc) is 2.07. The fraction of sp³-hybridized carbons (Fsp3) is 0.200. The van der Waals surface area contributed by atoms with Crippen molar-refractivity contribution in [1.82, 2.24) is 0 Å². The molecule has 1 nitrogen and oxygen atoms in total. The van der Waals surface area contributed by atoms with Crippen molar-refractivity contribution in [2.24, 2.45) is 0 Å². The van der Waals surface area contributed by atoms with Gasteiger partial charge in [-0.15, -0.1) is 11.6 Å². The molecular formula is C10H12ClN. The van der Waals surface area contributed by atoms with Gasteiger partial charge in [0.2, 0.25) is 0 Å². The van der Waals surface area contributed by atoms with E-state index in [1.807, 2.05) is 37.3 Å². The molecule has 0 aliphatic heterocycles. The van der Waals surface area contributed by atoms with Crippen molar-refractivity contribution in [3.8, 4) is 0 Å². The van der Waals surface area contributed by atoms with E-state index in [9.17, 15) is 0 Å². The molecule has 0 aliphatic carbocycles. The topological polar surface area (TPSA) is 26.0 Å². The van der Waals surface area contributed by atoms with Gasteiger partial charge in [0, 0.05) is 11.6 Å². The van der Waals surface area contributed by atoms with Crippen LogP contribution in [-0.4, -0.2) is 5.88 Å². The molecule has 64 valence electrons. The Morgan fingerprint density at radius 1 is 1.50 bits per heavy atom. The summed E-state index contributed by atoms with van der Waals surface area (Å²) < 4.78 is 0. The number of nitrogen functional groups attached to an aromatic ring is 1. The summed E-state index contributed by atoms with van der Waals surface area (Å²) >= 11 is 5.53. The van der Waals surface area contributed by atoms with Crippen LogP contribution in [0.4, 0.5) is 5.69 Å². The van der Waals surface area contributed by atoms with E-state index in [4.69, 9.17) is 17.3 Å². The van der Waals surface area contributed by atoms with Crippen molar-refractivity contribution in [1.29, 1.82) is 0 Å². The Labute approximate surface area is 77.8 Å². The molecule has 2 heteroatoms. The Bertz CT molecular complexity index is 292. The van der Waals surface area contributed by atoms with E-state index in [1.54, 1.807) is 0 Å². The summed E-state index contributed by atoms with van der Waals surface area (Å²) in [5, 5.41) is 0. The molecule has 0 heterocycles. The third-order valence-electron chi connectivity index (χ3n) is 1.69. The molecule has 0 aliphatic rings. The van der Waals surface area contributed by atoms with E-state index in [0.29, 0.717) is 5.88 Å². The fourth-order valence-corrected chi connectivity index (χ4v) is 1.10. The first-order valence-electron chi connectivity index (χ1n) is 3.82. The number of allylic oxidation sites excluding steroid dienone is 1. The number of aryl methyl sites for hydroxylation is 1. The fourth-order valence-electron chi connectivity index (χ4n) is 1.01. The average molecular weight is 182 g/mol. The molecule has 1 aromatic carbocycles. The van der Waals surface area contributed by atoms with Gasteiger partial charge in [0.05, 0.1) is 0 Å². The lowest BCUT2D eigenvalue weighted by molar-refractivity contribution is 1.44. The molecule has 0 unspecified atom stereocenters. The van der Waals surface area contributed by atoms with Crippen LogP contribution in [0.5, 0.6) is 0 Å². The summed E-state index contributed by atoms with van der Waals surface area (Å²) in [5.74, 6) is 0.536. The Balaban J connectivity index is 2.97. The maximum absolute atomic E-state index is 5.63. The van der Waals surface area contributed by atoms with Crippen LogP contribution in [0, 0.1) is 6.92 Å². The minimum Gasteiger partial charge on any atom is -0.399 e. The van der Waals surface area contributed by atoms with Gasteiger partial charge in [0.25, 0.3) is 0 Å². The van der Waals surface area contributed by atoms with Crippen LogP contribution in [0.15, 0.2) is 24.3 Å². The number of hydrogen-bond donors (Lipinski definition) is 1. The minimum atomic E-state index is 0.536. The molecule has 0 radical (unpaired) electrons. The molecule has 0 spiro atoms. The van der Waals surface area contributed by atoms with E-state index in [1.165, 1.54) is 5.56 Å². The highest BCUT2D eigenvalue weighted by molar-refractivity contribution is 6.19. The van der Waals surface area contributed by atoms with Crippen molar-refractivity contribution in [3.63, 3.8) is 0 Å². The summed E-state index contributed by atoms with van der Waals surface area (Å²) in [5.41, 5.74) is 8.77. The number of nitrogens with two attached hydrogens (primary N) is 1. The summed E-state index contributed by atoms with van der Waals surface area (Å²) in [6.07, 6.45) is 3.89. The van der Waals surface area contributed by atoms with E-state index in [2.05, 4.69) is 0 Å². The van der Waals surface area contributed by atoms with Crippen molar-refractivity contribution < 1.29 is 0 Å². The van der Waals surface area contributed by atoms with Gasteiger partial charge in [-0.2, -0.15) is 0 Å². The highest BCUT2D eigenvalue weighted by Crippen LogP contribution is 2.13. The first-order chi connectivity index (χ1) is 5.74. The highest BCUT2D eigenvalue weighted by Gasteiger charge is 1.93. The molecule has 0 atom stereocenters. The number of anilines is 1. The van der Waals surface area contributed by atoms with Gasteiger partial charge in [-0.25, -0.2) is 0 Å². The maximum atomic E-state index is 5.63. The zero-order chi connectivity index (χ0) is 8.97. The first kappa shape index (κ1) is 9.14. The lowest BCUT2D eigenvalue weighted by Gasteiger charge is -2.00. The van der Waals surface area contributed by atoms with Gasteiger partial charge in [-0.1, -0.05) is 18.2 Å². The van der Waals surface area contributed by atoms with E-state index >= 15 is 0 Å². The smallest absolute Gasteiger partial charge is 0.0407 e. The second kappa shape index (κ2) is 4.17. The first-order valence-corrected chi connectivity index (χ1v) is 4.36. The van der Waals surface area contributed by atoms with Gasteiger partial charge in [-0.3, -0.25) is 0 Å². The third kappa shape index (κ3) is 2.28. The van der Waals surface area contributed by atoms with E-state index < -0.39 is 0 Å². The molecule has 0 fully saturated rings. The molecule has 1 aromatic rings. The molecule has 2 N–H and O–H groups in total. The Morgan fingerprint density at radius 2 is 2.25 bits per heavy atom. The standard InChI is InChI=1S/C10H12ClN/c1-8-4-5-10(12)7-9(8)3-2-6-11/h2-5,7H,6,12H2,1H3. The Hall–Kier alpha value is -0.950. The summed E-state index contributed by atoms with van der Waals surface area (Å²) in [7, 11) is 0. The molecule has 0 aromatic heterocycles. The molecule has 0 bridgehead atoms. The van der Waals surface area contributed by atoms with Crippen LogP contribution in [0.2, 0.25) is 0 Å². The van der Waals surface area contributed by atoms with Crippen molar-refractivity contribution in [3.05, 3.63) is 35.4 Å². The normalized spacial score (nSPS) is 10.8. The molecule has 12 heavy (non-hydrogen) atoms. The van der Waals surface area contributed by atoms with Crippen LogP contribution < -0.4 is 5.73 Å². The Kier molecular flexibility index (Phi) is 3.18. The second-order valence-electron chi connectivity index (χ2n) is 2.67. The van der Waals surface area contributed by atoms with Crippen LogP contribution >= 0.6 is 11.6 Å². The van der Waals surface area contributed by atoms with Crippen LogP contribution in [0.1, 0.15) is 11.1 Å². The number of halogens is 1. The zero-order valence-electron chi connectivity index (χ0n) is 7.05. The molecular weight excluding hydrogens is 170 g/mol. The van der Waals surface area contributed by atoms with Crippen LogP contribution in [-0.2, 0) is 0 Å². The molecule has 0 saturated carbocycles. The van der Waals surface area contributed by atoms with Crippen molar-refractivity contribution in [2.45, 2.75) is 6.92 Å². The number of alkyl halides is 1. The number of rotatable bonds is 2. The van der Waals surface area contributed by atoms with Crippen molar-refractivity contribution in [2.75, 3.05) is 11.6 Å². The minimum absolute atomic E-state index is 0.536. The summed E-state index contributed by atoms with van der Waals surface area (Å²) in [4.78, 5) is 0. The Morgan fingerprint density at radius 3 is 2.92 bits per heavy atom. The third-order valence-corrected chi connectivity index (χ3v) is 1.87. The molecule has 0 saturated heterocycles. The maximum Gasteiger partial charge on any atom is 0.0407 e. The molecule has 1 rings (SSSR count). The van der Waals surface area contributed by atoms with E-state index in [0.717, 1.165) is 11.3 Å². The second-order valence-corrected chi connectivity index (χ2v) is 2.98. The van der Waals surface area contributed by atoms with Gasteiger partial charge < -0.3 is 5.73 Å². The zero-order valence-corrected chi connectivity index (χ0v) is 7.81. The quantitative estimate of drug-likeness (QED) is 0.551. The lowest BCUT2D eigenvalue weighted by atomic mass is 10.1. The van der Waals surface area contributed by atoms with Gasteiger partial charge >= 0.3 is 0 Å². The van der Waals surface area contributed by atoms with Gasteiger partial charge in [0.1, 0.15) is 0 Å². The SMILES string of the molecule is Cc1ccc(N)cc1C=CCCl. The molecule has 0 amide bonds. The largest absolute Gasteiger partial charge is 0.399 e. The summed E-state index contributed by atoms with van der Waals surface area (Å²) in [6, 6.07) is 5.84. The van der Waals surface area contributed by atoms with Crippen LogP contribution in [0.25, 0.3) is 6.08 Å². The number of benzene rings is 1. The van der Waals surface area contributed by atoms with Crippen LogP contribution in [0.3, 0.4) is 0 Å². The summed E-state index contributed by atoms with van der Waals surface area (Å²) in [6.45, 7) is 2.05. The van der Waals surface area contributed by atoms with Gasteiger partial charge in [-0.05, 0) is 30.2 Å². The predicted molar refractivity (Wildman–Crippen MR) is 55.3 cm³/mol. The van der Waals surface area contributed by atoms with Gasteiger partial charge in [0.15, 0.2) is 0 Å². The predicted octanol–water partition coefficient (Wildman–Crippen LogP) is 2.83. The monoisotopic (exact) mass is 181 g/mol. The van der Waals surface area contributed by atoms with Crippen molar-refractivity contribution >= 4 is 23.4 Å².